The lowest BCUT2D eigenvalue weighted by Gasteiger charge is -2.14. The van der Waals surface area contributed by atoms with E-state index in [0.29, 0.717) is 18.0 Å². The van der Waals surface area contributed by atoms with Crippen LogP contribution in [0.3, 0.4) is 0 Å². The van der Waals surface area contributed by atoms with Crippen molar-refractivity contribution in [3.8, 4) is 0 Å². The molecule has 0 radical (unpaired) electrons. The van der Waals surface area contributed by atoms with Gasteiger partial charge in [-0.25, -0.2) is 4.98 Å². The first-order valence-corrected chi connectivity index (χ1v) is 10.1. The number of nitrogens with zero attached hydrogens (tertiary/aromatic N) is 1. The molecule has 1 heterocycles. The van der Waals surface area contributed by atoms with Crippen molar-refractivity contribution in [2.24, 2.45) is 0 Å². The highest BCUT2D eigenvalue weighted by Gasteiger charge is 2.19. The zero-order valence-corrected chi connectivity index (χ0v) is 16.1. The van der Waals surface area contributed by atoms with Crippen LogP contribution in [0.15, 0.2) is 40.7 Å². The molecule has 0 saturated heterocycles. The molecule has 0 aliphatic heterocycles. The van der Waals surface area contributed by atoms with Crippen LogP contribution in [0.2, 0.25) is 0 Å². The van der Waals surface area contributed by atoms with Crippen LogP contribution in [-0.2, 0) is 9.59 Å². The van der Waals surface area contributed by atoms with Gasteiger partial charge in [-0.1, -0.05) is 26.3 Å². The smallest absolute Gasteiger partial charge is 0.239 e. The van der Waals surface area contributed by atoms with E-state index >= 15 is 0 Å². The number of carbonyl (C=O) groups excluding carboxylic acids is 2. The number of unbranched alkanes of at least 4 members (excludes halogenated alkanes) is 1. The molecular weight excluding hydrogens is 354 g/mol. The molecule has 0 bridgehead atoms. The number of anilines is 2. The normalized spacial score (nSPS) is 11.8. The molecule has 2 amide bonds. The Morgan fingerprint density at radius 3 is 2.80 bits per heavy atom. The number of hydrogen-bond donors (Lipinski definition) is 2. The highest BCUT2D eigenvalue weighted by Crippen LogP contribution is 2.28. The molecule has 1 unspecified atom stereocenters. The summed E-state index contributed by atoms with van der Waals surface area (Å²) in [5, 5.41) is 7.98. The van der Waals surface area contributed by atoms with Gasteiger partial charge in [0.2, 0.25) is 11.8 Å². The number of carbonyl (C=O) groups is 2. The summed E-state index contributed by atoms with van der Waals surface area (Å²) in [6.45, 7) is 4.04. The quantitative estimate of drug-likeness (QED) is 0.617. The van der Waals surface area contributed by atoms with Crippen molar-refractivity contribution in [1.82, 2.24) is 4.98 Å². The van der Waals surface area contributed by atoms with Crippen molar-refractivity contribution in [3.63, 3.8) is 0 Å². The molecule has 0 spiro atoms. The fourth-order valence-electron chi connectivity index (χ4n) is 2.17. The number of thiazole rings is 1. The Bertz CT molecular complexity index is 689. The first kappa shape index (κ1) is 19.5. The van der Waals surface area contributed by atoms with Gasteiger partial charge in [0, 0.05) is 28.6 Å². The molecule has 1 aromatic carbocycles. The van der Waals surface area contributed by atoms with Crippen molar-refractivity contribution in [1.29, 1.82) is 0 Å². The Kier molecular flexibility index (Phi) is 7.94. The Balaban J connectivity index is 1.96. The van der Waals surface area contributed by atoms with Crippen molar-refractivity contribution < 1.29 is 9.59 Å². The summed E-state index contributed by atoms with van der Waals surface area (Å²) in [5.41, 5.74) is 0.765. The molecule has 0 saturated carbocycles. The SMILES string of the molecule is CCCCC(=O)Nc1cccc(SC(CC)C(=O)Nc2nccs2)c1. The van der Waals surface area contributed by atoms with Crippen LogP contribution in [0.5, 0.6) is 0 Å². The van der Waals surface area contributed by atoms with E-state index in [0.717, 1.165) is 23.4 Å². The topological polar surface area (TPSA) is 71.1 Å². The molecule has 5 nitrogen and oxygen atoms in total. The van der Waals surface area contributed by atoms with Gasteiger partial charge in [0.1, 0.15) is 0 Å². The number of hydrogen-bond acceptors (Lipinski definition) is 5. The molecule has 134 valence electrons. The van der Waals surface area contributed by atoms with Gasteiger partial charge in [0.15, 0.2) is 5.13 Å². The Morgan fingerprint density at radius 2 is 2.12 bits per heavy atom. The van der Waals surface area contributed by atoms with Gasteiger partial charge in [-0.3, -0.25) is 9.59 Å². The second-order valence-corrected chi connectivity index (χ2v) is 7.69. The minimum Gasteiger partial charge on any atom is -0.326 e. The Morgan fingerprint density at radius 1 is 1.28 bits per heavy atom. The number of benzene rings is 1. The number of aromatic nitrogens is 1. The third-order valence-corrected chi connectivity index (χ3v) is 5.53. The average molecular weight is 378 g/mol. The van der Waals surface area contributed by atoms with E-state index in [9.17, 15) is 9.59 Å². The molecule has 7 heteroatoms. The van der Waals surface area contributed by atoms with Gasteiger partial charge in [0.05, 0.1) is 5.25 Å². The first-order valence-electron chi connectivity index (χ1n) is 8.39. The van der Waals surface area contributed by atoms with Gasteiger partial charge in [-0.2, -0.15) is 0 Å². The average Bonchev–Trinajstić information content (AvgIpc) is 3.11. The summed E-state index contributed by atoms with van der Waals surface area (Å²) < 4.78 is 0. The number of rotatable bonds is 9. The summed E-state index contributed by atoms with van der Waals surface area (Å²) in [6, 6.07) is 7.62. The molecule has 1 aromatic heterocycles. The van der Waals surface area contributed by atoms with E-state index in [1.165, 1.54) is 23.1 Å². The molecule has 0 aliphatic carbocycles. The van der Waals surface area contributed by atoms with Crippen LogP contribution >= 0.6 is 23.1 Å². The maximum atomic E-state index is 12.4. The first-order chi connectivity index (χ1) is 12.1. The van der Waals surface area contributed by atoms with Crippen LogP contribution in [0, 0.1) is 0 Å². The van der Waals surface area contributed by atoms with Crippen molar-refractivity contribution >= 4 is 45.7 Å². The van der Waals surface area contributed by atoms with Crippen LogP contribution in [0.25, 0.3) is 0 Å². The van der Waals surface area contributed by atoms with Crippen molar-refractivity contribution in [2.45, 2.75) is 49.7 Å². The molecule has 2 aromatic rings. The lowest BCUT2D eigenvalue weighted by Crippen LogP contribution is -2.24. The van der Waals surface area contributed by atoms with Gasteiger partial charge in [-0.15, -0.1) is 23.1 Å². The maximum Gasteiger partial charge on any atom is 0.239 e. The van der Waals surface area contributed by atoms with E-state index in [4.69, 9.17) is 0 Å². The predicted octanol–water partition coefficient (Wildman–Crippen LogP) is 4.78. The Hall–Kier alpha value is -1.86. The van der Waals surface area contributed by atoms with Crippen LogP contribution in [-0.4, -0.2) is 22.0 Å². The molecule has 2 N–H and O–H groups in total. The largest absolute Gasteiger partial charge is 0.326 e. The highest BCUT2D eigenvalue weighted by molar-refractivity contribution is 8.00. The summed E-state index contributed by atoms with van der Waals surface area (Å²) in [7, 11) is 0. The van der Waals surface area contributed by atoms with Gasteiger partial charge in [0.25, 0.3) is 0 Å². The van der Waals surface area contributed by atoms with Gasteiger partial charge < -0.3 is 10.6 Å². The maximum absolute atomic E-state index is 12.4. The third kappa shape index (κ3) is 6.51. The third-order valence-electron chi connectivity index (χ3n) is 3.48. The van der Waals surface area contributed by atoms with Crippen LogP contribution in [0.1, 0.15) is 39.5 Å². The number of thioether (sulfide) groups is 1. The standard InChI is InChI=1S/C18H23N3O2S2/c1-3-5-9-16(22)20-13-7-6-8-14(12-13)25-15(4-2)17(23)21-18-19-10-11-24-18/h6-8,10-12,15H,3-5,9H2,1-2H3,(H,20,22)(H,19,21,23). The fraction of sp³-hybridized carbons (Fsp3) is 0.389. The molecule has 1 atom stereocenters. The van der Waals surface area contributed by atoms with E-state index in [1.807, 2.05) is 36.6 Å². The zero-order chi connectivity index (χ0) is 18.1. The molecule has 25 heavy (non-hydrogen) atoms. The van der Waals surface area contributed by atoms with E-state index in [1.54, 1.807) is 6.20 Å². The predicted molar refractivity (Wildman–Crippen MR) is 105 cm³/mol. The Labute approximate surface area is 156 Å². The van der Waals surface area contributed by atoms with Crippen molar-refractivity contribution in [3.05, 3.63) is 35.8 Å². The molecule has 0 fully saturated rings. The van der Waals surface area contributed by atoms with Crippen molar-refractivity contribution in [2.75, 3.05) is 10.6 Å². The second kappa shape index (κ2) is 10.2. The second-order valence-electron chi connectivity index (χ2n) is 5.52. The molecule has 0 aliphatic rings. The minimum absolute atomic E-state index is 0.0255. The number of nitrogens with one attached hydrogen (secondary N) is 2. The molecule has 2 rings (SSSR count). The van der Waals surface area contributed by atoms with Gasteiger partial charge in [-0.05, 0) is 31.0 Å². The van der Waals surface area contributed by atoms with E-state index in [-0.39, 0.29) is 17.1 Å². The molecular formula is C18H23N3O2S2. The summed E-state index contributed by atoms with van der Waals surface area (Å²) in [5.74, 6) is -0.0302. The van der Waals surface area contributed by atoms with Crippen LogP contribution in [0.4, 0.5) is 10.8 Å². The summed E-state index contributed by atoms with van der Waals surface area (Å²) in [6.07, 6.45) is 4.78. The highest BCUT2D eigenvalue weighted by atomic mass is 32.2. The lowest BCUT2D eigenvalue weighted by molar-refractivity contribution is -0.116. The van der Waals surface area contributed by atoms with E-state index in [2.05, 4.69) is 22.5 Å². The zero-order valence-electron chi connectivity index (χ0n) is 14.5. The fourth-order valence-corrected chi connectivity index (χ4v) is 3.71. The minimum atomic E-state index is -0.213. The van der Waals surface area contributed by atoms with E-state index < -0.39 is 0 Å². The van der Waals surface area contributed by atoms with Crippen LogP contribution < -0.4 is 10.6 Å². The monoisotopic (exact) mass is 377 g/mol. The van der Waals surface area contributed by atoms with Gasteiger partial charge >= 0.3 is 0 Å². The lowest BCUT2D eigenvalue weighted by atomic mass is 10.2. The number of amides is 2. The summed E-state index contributed by atoms with van der Waals surface area (Å²) >= 11 is 2.89. The summed E-state index contributed by atoms with van der Waals surface area (Å²) in [4.78, 5) is 29.3.